The van der Waals surface area contributed by atoms with Gasteiger partial charge in [-0.15, -0.1) is 6.58 Å². The standard InChI is InChI=1S/C60H59N5O13/c1-2-33-75-60-56(62(38-44-14-9-13-42-11-3-4-17-50(42)44)57(68)30-23-40-19-24-45(25-20-40)63(69)70)37-54(61-76-39-41-21-26-46(27-22-41)64(71)72)52-34-43(12-5-7-31-66)51(18-6-8-32-67)58(59(52)60)53-36-49(28-29-55(53)78-60)77-48-16-10-15-47(35-48)65(73)74/h2-4,9-11,13-17,19-30,34-36,43,51,56,58-59,66-67H,1,5-8,12,18,31-33,37-39H2. The Morgan fingerprint density at radius 3 is 2.18 bits per heavy atom. The number of unbranched alkanes of at least 4 members (excludes halogenated alkanes) is 2. The zero-order valence-electron chi connectivity index (χ0n) is 42.7. The number of benzene rings is 6. The van der Waals surface area contributed by atoms with Crippen molar-refractivity contribution in [2.24, 2.45) is 22.9 Å². The van der Waals surface area contributed by atoms with Crippen molar-refractivity contribution in [2.45, 2.75) is 75.8 Å². The first-order chi connectivity index (χ1) is 37.9. The minimum atomic E-state index is -1.68. The van der Waals surface area contributed by atoms with E-state index in [4.69, 9.17) is 24.2 Å². The number of rotatable bonds is 24. The Bertz CT molecular complexity index is 3260. The number of nitrogens with zero attached hydrogens (tertiary/aromatic N) is 5. The van der Waals surface area contributed by atoms with E-state index in [1.165, 1.54) is 42.5 Å². The van der Waals surface area contributed by atoms with Gasteiger partial charge in [0.2, 0.25) is 11.7 Å². The van der Waals surface area contributed by atoms with E-state index in [0.717, 1.165) is 27.5 Å². The lowest BCUT2D eigenvalue weighted by Gasteiger charge is -2.60. The summed E-state index contributed by atoms with van der Waals surface area (Å²) in [4.78, 5) is 57.0. The fourth-order valence-corrected chi connectivity index (χ4v) is 11.3. The molecule has 2 aliphatic carbocycles. The molecule has 1 fully saturated rings. The van der Waals surface area contributed by atoms with E-state index < -0.39 is 44.3 Å². The van der Waals surface area contributed by atoms with Gasteiger partial charge < -0.3 is 34.2 Å². The lowest BCUT2D eigenvalue weighted by atomic mass is 9.55. The number of ether oxygens (including phenoxy) is 3. The van der Waals surface area contributed by atoms with Crippen LogP contribution in [0.4, 0.5) is 17.1 Å². The molecular formula is C60H59N5O13. The summed E-state index contributed by atoms with van der Waals surface area (Å²) in [6.07, 6.45) is 10.7. The van der Waals surface area contributed by atoms with Gasteiger partial charge in [-0.05, 0) is 125 Å². The Morgan fingerprint density at radius 2 is 1.46 bits per heavy atom. The van der Waals surface area contributed by atoms with Crippen molar-refractivity contribution in [3.8, 4) is 17.2 Å². The van der Waals surface area contributed by atoms with Crippen LogP contribution in [0.1, 0.15) is 73.1 Å². The van der Waals surface area contributed by atoms with Crippen LogP contribution in [0.3, 0.4) is 0 Å². The van der Waals surface area contributed by atoms with Crippen molar-refractivity contribution in [2.75, 3.05) is 19.8 Å². The molecule has 0 radical (unpaired) electrons. The van der Waals surface area contributed by atoms with Crippen molar-refractivity contribution < 1.29 is 48.8 Å². The first-order valence-corrected chi connectivity index (χ1v) is 26.0. The Morgan fingerprint density at radius 1 is 0.782 bits per heavy atom. The number of carbonyl (C=O) groups is 1. The van der Waals surface area contributed by atoms with E-state index in [2.05, 4.69) is 12.7 Å². The highest BCUT2D eigenvalue weighted by atomic mass is 16.7. The molecule has 18 heteroatoms. The number of carbonyl (C=O) groups excluding carboxylic acids is 1. The van der Waals surface area contributed by atoms with Gasteiger partial charge in [-0.25, -0.2) is 0 Å². The summed E-state index contributed by atoms with van der Waals surface area (Å²) in [6, 6.07) is 36.0. The topological polar surface area (TPSA) is 239 Å². The van der Waals surface area contributed by atoms with E-state index in [9.17, 15) is 40.6 Å². The number of fused-ring (bicyclic) bond motifs is 3. The predicted octanol–water partition coefficient (Wildman–Crippen LogP) is 11.9. The Balaban J connectivity index is 1.26. The number of aliphatic hydroxyl groups is 2. The number of nitro benzene ring substituents is 3. The molecule has 3 aliphatic rings. The predicted molar refractivity (Wildman–Crippen MR) is 293 cm³/mol. The molecule has 6 atom stereocenters. The largest absolute Gasteiger partial charge is 0.459 e. The number of oxime groups is 1. The van der Waals surface area contributed by atoms with Gasteiger partial charge in [0.15, 0.2) is 0 Å². The van der Waals surface area contributed by atoms with Crippen LogP contribution in [0.5, 0.6) is 17.2 Å². The quantitative estimate of drug-likeness (QED) is 0.0189. The molecule has 1 aliphatic heterocycles. The maximum atomic E-state index is 15.6. The summed E-state index contributed by atoms with van der Waals surface area (Å²) in [5.74, 6) is -2.49. The highest BCUT2D eigenvalue weighted by Gasteiger charge is 2.65. The first-order valence-electron chi connectivity index (χ1n) is 26.0. The van der Waals surface area contributed by atoms with E-state index in [1.807, 2.05) is 48.5 Å². The third-order valence-electron chi connectivity index (χ3n) is 14.9. The van der Waals surface area contributed by atoms with Gasteiger partial charge >= 0.3 is 0 Å². The molecule has 6 aromatic carbocycles. The number of hydrogen-bond donors (Lipinski definition) is 2. The van der Waals surface area contributed by atoms with E-state index >= 15 is 4.79 Å². The van der Waals surface area contributed by atoms with Crippen molar-refractivity contribution in [1.82, 2.24) is 4.90 Å². The van der Waals surface area contributed by atoms with Crippen molar-refractivity contribution in [1.29, 1.82) is 0 Å². The number of hydrogen-bond acceptors (Lipinski definition) is 14. The SMILES string of the molecule is C=CCOC12Oc3ccc(Oc4cccc([N+](=O)[O-])c4)cc3C3C(CCCCO)C(CCCCO)C=C(C(=NOCc4ccc([N+](=O)[O-])cc4)CC1N(Cc1cccc4ccccc14)C(=O)C=Cc1ccc([N+](=O)[O-])cc1)C32. The molecule has 6 unspecified atom stereocenters. The van der Waals surface area contributed by atoms with E-state index in [0.29, 0.717) is 66.9 Å². The third kappa shape index (κ3) is 11.9. The fourth-order valence-electron chi connectivity index (χ4n) is 11.3. The third-order valence-corrected chi connectivity index (χ3v) is 14.9. The van der Waals surface area contributed by atoms with Crippen LogP contribution in [-0.2, 0) is 27.5 Å². The Labute approximate surface area is 450 Å². The summed E-state index contributed by atoms with van der Waals surface area (Å²) in [5, 5.41) is 61.9. The second-order valence-corrected chi connectivity index (χ2v) is 19.6. The van der Waals surface area contributed by atoms with Crippen molar-refractivity contribution >= 4 is 45.5 Å². The average Bonchev–Trinajstić information content (AvgIpc) is 3.64. The molecule has 78 heavy (non-hydrogen) atoms. The molecule has 0 saturated heterocycles. The van der Waals surface area contributed by atoms with Crippen LogP contribution >= 0.6 is 0 Å². The molecule has 0 aromatic heterocycles. The molecule has 0 bridgehead atoms. The van der Waals surface area contributed by atoms with Gasteiger partial charge in [0.25, 0.3) is 17.1 Å². The molecule has 1 amide bonds. The van der Waals surface area contributed by atoms with E-state index in [1.54, 1.807) is 65.6 Å². The van der Waals surface area contributed by atoms with Gasteiger partial charge in [-0.3, -0.25) is 35.1 Å². The number of nitro groups is 3. The minimum Gasteiger partial charge on any atom is -0.459 e. The second-order valence-electron chi connectivity index (χ2n) is 19.6. The highest BCUT2D eigenvalue weighted by molar-refractivity contribution is 6.03. The minimum absolute atomic E-state index is 0.00211. The number of amides is 1. The zero-order chi connectivity index (χ0) is 54.8. The molecule has 2 N–H and O–H groups in total. The molecule has 402 valence electrons. The summed E-state index contributed by atoms with van der Waals surface area (Å²) in [5.41, 5.74) is 3.68. The van der Waals surface area contributed by atoms with Crippen molar-refractivity contribution in [3.63, 3.8) is 0 Å². The Hall–Kier alpha value is -8.58. The van der Waals surface area contributed by atoms with Crippen molar-refractivity contribution in [3.05, 3.63) is 216 Å². The molecule has 1 saturated carbocycles. The molecular weight excluding hydrogens is 999 g/mol. The normalized spacial score (nSPS) is 20.7. The smallest absolute Gasteiger partial charge is 0.273 e. The summed E-state index contributed by atoms with van der Waals surface area (Å²) in [6.45, 7) is 4.03. The zero-order valence-corrected chi connectivity index (χ0v) is 42.7. The first kappa shape index (κ1) is 54.2. The number of aliphatic hydroxyl groups excluding tert-OH is 2. The molecule has 0 spiro atoms. The van der Waals surface area contributed by atoms with Gasteiger partial charge in [0.1, 0.15) is 29.9 Å². The van der Waals surface area contributed by atoms with Crippen LogP contribution in [0.15, 0.2) is 169 Å². The van der Waals surface area contributed by atoms with Crippen LogP contribution in [0, 0.1) is 48.1 Å². The molecule has 9 rings (SSSR count). The summed E-state index contributed by atoms with van der Waals surface area (Å²) in [7, 11) is 0. The van der Waals surface area contributed by atoms with Gasteiger partial charge in [-0.2, -0.15) is 0 Å². The lowest BCUT2D eigenvalue weighted by molar-refractivity contribution is -0.385. The van der Waals surface area contributed by atoms with Crippen LogP contribution in [-0.4, -0.2) is 73.2 Å². The van der Waals surface area contributed by atoms with Crippen LogP contribution in [0.2, 0.25) is 0 Å². The lowest BCUT2D eigenvalue weighted by Crippen LogP contribution is -2.70. The second kappa shape index (κ2) is 24.6. The maximum Gasteiger partial charge on any atom is 0.273 e. The monoisotopic (exact) mass is 1060 g/mol. The highest BCUT2D eigenvalue weighted by Crippen LogP contribution is 2.62. The summed E-state index contributed by atoms with van der Waals surface area (Å²) < 4.78 is 21.1. The molecule has 6 aromatic rings. The van der Waals surface area contributed by atoms with Gasteiger partial charge in [-0.1, -0.05) is 78.7 Å². The molecule has 1 heterocycles. The molecule has 18 nitrogen and oxygen atoms in total. The number of non-ortho nitro benzene ring substituents is 3. The van der Waals surface area contributed by atoms with Gasteiger partial charge in [0.05, 0.1) is 39.1 Å². The fraction of sp³-hybridized carbons (Fsp3) is 0.300. The van der Waals surface area contributed by atoms with E-state index in [-0.39, 0.29) is 74.0 Å². The Kier molecular flexibility index (Phi) is 17.1. The van der Waals surface area contributed by atoms with Crippen LogP contribution in [0.25, 0.3) is 16.8 Å². The van der Waals surface area contributed by atoms with Gasteiger partial charge in [0, 0.05) is 74.1 Å². The number of allylic oxidation sites excluding steroid dienone is 1. The average molecular weight is 1060 g/mol. The maximum absolute atomic E-state index is 15.6. The summed E-state index contributed by atoms with van der Waals surface area (Å²) >= 11 is 0. The van der Waals surface area contributed by atoms with Crippen LogP contribution < -0.4 is 9.47 Å².